The summed E-state index contributed by atoms with van der Waals surface area (Å²) in [6.45, 7) is 0.511. The van der Waals surface area contributed by atoms with Gasteiger partial charge in [-0.25, -0.2) is 0 Å². The number of non-ortho nitro benzene ring substituents is 1. The van der Waals surface area contributed by atoms with E-state index in [1.54, 1.807) is 24.3 Å². The molecule has 5 nitrogen and oxygen atoms in total. The van der Waals surface area contributed by atoms with Crippen LogP contribution in [0.2, 0.25) is 0 Å². The highest BCUT2D eigenvalue weighted by atomic mass is 16.6. The van der Waals surface area contributed by atoms with Gasteiger partial charge in [-0.15, -0.1) is 0 Å². The van der Waals surface area contributed by atoms with Crippen LogP contribution in [0, 0.1) is 21.4 Å². The monoisotopic (exact) mass is 253 g/mol. The first-order valence-corrected chi connectivity index (χ1v) is 5.66. The molecular weight excluding hydrogens is 242 g/mol. The van der Waals surface area contributed by atoms with Crippen molar-refractivity contribution >= 4 is 11.4 Å². The van der Waals surface area contributed by atoms with Crippen LogP contribution in [-0.4, -0.2) is 4.92 Å². The van der Waals surface area contributed by atoms with Gasteiger partial charge in [-0.05, 0) is 23.8 Å². The molecule has 0 aliphatic rings. The van der Waals surface area contributed by atoms with Crippen LogP contribution < -0.4 is 5.32 Å². The average molecular weight is 253 g/mol. The molecule has 2 aromatic rings. The Morgan fingerprint density at radius 1 is 1.21 bits per heavy atom. The summed E-state index contributed by atoms with van der Waals surface area (Å²) in [7, 11) is 0. The third-order valence-electron chi connectivity index (χ3n) is 2.61. The van der Waals surface area contributed by atoms with Gasteiger partial charge in [0, 0.05) is 24.4 Å². The van der Waals surface area contributed by atoms with Crippen molar-refractivity contribution in [3.05, 3.63) is 69.8 Å². The van der Waals surface area contributed by atoms with E-state index in [9.17, 15) is 10.1 Å². The molecule has 5 heteroatoms. The van der Waals surface area contributed by atoms with Gasteiger partial charge < -0.3 is 5.32 Å². The number of rotatable bonds is 4. The first kappa shape index (κ1) is 12.6. The Hall–Kier alpha value is -2.87. The first-order chi connectivity index (χ1) is 9.19. The minimum Gasteiger partial charge on any atom is -0.381 e. The van der Waals surface area contributed by atoms with Crippen LogP contribution in [0.1, 0.15) is 11.1 Å². The van der Waals surface area contributed by atoms with Crippen molar-refractivity contribution in [1.82, 2.24) is 0 Å². The van der Waals surface area contributed by atoms with E-state index in [-0.39, 0.29) is 5.69 Å². The van der Waals surface area contributed by atoms with Gasteiger partial charge in [0.25, 0.3) is 5.69 Å². The fraction of sp³-hybridized carbons (Fsp3) is 0.0714. The van der Waals surface area contributed by atoms with Gasteiger partial charge in [-0.3, -0.25) is 10.1 Å². The van der Waals surface area contributed by atoms with E-state index >= 15 is 0 Å². The molecule has 1 N–H and O–H groups in total. The smallest absolute Gasteiger partial charge is 0.271 e. The number of nitro groups is 1. The lowest BCUT2D eigenvalue weighted by Crippen LogP contribution is -2.00. The molecule has 0 radical (unpaired) electrons. The summed E-state index contributed by atoms with van der Waals surface area (Å²) in [5.74, 6) is 0. The Balaban J connectivity index is 2.08. The molecule has 2 aromatic carbocycles. The summed E-state index contributed by atoms with van der Waals surface area (Å²) >= 11 is 0. The molecule has 0 bridgehead atoms. The summed E-state index contributed by atoms with van der Waals surface area (Å²) in [5.41, 5.74) is 2.27. The number of nitrogens with zero attached hydrogens (tertiary/aromatic N) is 2. The number of anilines is 1. The lowest BCUT2D eigenvalue weighted by atomic mass is 10.1. The minimum atomic E-state index is -0.429. The summed E-state index contributed by atoms with van der Waals surface area (Å²) < 4.78 is 0. The van der Waals surface area contributed by atoms with Gasteiger partial charge in [0.2, 0.25) is 0 Å². The summed E-state index contributed by atoms with van der Waals surface area (Å²) in [4.78, 5) is 10.2. The maximum atomic E-state index is 10.7. The van der Waals surface area contributed by atoms with Gasteiger partial charge in [0.1, 0.15) is 0 Å². The topological polar surface area (TPSA) is 79.0 Å². The molecule has 2 rings (SSSR count). The van der Waals surface area contributed by atoms with Crippen molar-refractivity contribution in [2.24, 2.45) is 0 Å². The van der Waals surface area contributed by atoms with Crippen molar-refractivity contribution in [1.29, 1.82) is 5.26 Å². The zero-order valence-corrected chi connectivity index (χ0v) is 10.0. The number of nitriles is 1. The van der Waals surface area contributed by atoms with Crippen molar-refractivity contribution in [3.8, 4) is 6.07 Å². The van der Waals surface area contributed by atoms with Gasteiger partial charge in [-0.1, -0.05) is 18.2 Å². The Morgan fingerprint density at radius 2 is 2.00 bits per heavy atom. The normalized spacial score (nSPS) is 9.63. The Morgan fingerprint density at radius 3 is 2.74 bits per heavy atom. The SMILES string of the molecule is N#Cc1cccc(CNc2cccc([N+](=O)[O-])c2)c1. The van der Waals surface area contributed by atoms with E-state index in [1.165, 1.54) is 12.1 Å². The maximum absolute atomic E-state index is 10.7. The summed E-state index contributed by atoms with van der Waals surface area (Å²) in [6, 6.07) is 15.6. The van der Waals surface area contributed by atoms with Crippen LogP contribution in [0.4, 0.5) is 11.4 Å². The molecule has 0 atom stereocenters. The largest absolute Gasteiger partial charge is 0.381 e. The van der Waals surface area contributed by atoms with Crippen LogP contribution in [0.15, 0.2) is 48.5 Å². The molecule has 0 aromatic heterocycles. The fourth-order valence-electron chi connectivity index (χ4n) is 1.68. The van der Waals surface area contributed by atoms with Crippen molar-refractivity contribution < 1.29 is 4.92 Å². The second-order valence-electron chi connectivity index (χ2n) is 3.97. The lowest BCUT2D eigenvalue weighted by Gasteiger charge is -2.06. The van der Waals surface area contributed by atoms with E-state index in [2.05, 4.69) is 11.4 Å². The molecule has 0 aliphatic carbocycles. The molecule has 0 fully saturated rings. The molecule has 0 amide bonds. The Bertz CT molecular complexity index is 647. The standard InChI is InChI=1S/C14H11N3O2/c15-9-11-3-1-4-12(7-11)10-16-13-5-2-6-14(8-13)17(18)19/h1-8,16H,10H2. The highest BCUT2D eigenvalue weighted by molar-refractivity contribution is 5.51. The van der Waals surface area contributed by atoms with E-state index in [4.69, 9.17) is 5.26 Å². The third kappa shape index (κ3) is 3.30. The lowest BCUT2D eigenvalue weighted by molar-refractivity contribution is -0.384. The van der Waals surface area contributed by atoms with Crippen LogP contribution in [0.3, 0.4) is 0 Å². The van der Waals surface area contributed by atoms with Crippen LogP contribution >= 0.6 is 0 Å². The molecule has 0 aliphatic heterocycles. The molecule has 0 spiro atoms. The molecule has 94 valence electrons. The minimum absolute atomic E-state index is 0.0516. The van der Waals surface area contributed by atoms with Gasteiger partial charge in [-0.2, -0.15) is 5.26 Å². The van der Waals surface area contributed by atoms with Gasteiger partial charge >= 0.3 is 0 Å². The number of hydrogen-bond donors (Lipinski definition) is 1. The predicted molar refractivity (Wildman–Crippen MR) is 71.6 cm³/mol. The Labute approximate surface area is 110 Å². The highest BCUT2D eigenvalue weighted by Crippen LogP contribution is 2.17. The zero-order valence-electron chi connectivity index (χ0n) is 10.0. The molecule has 0 unspecified atom stereocenters. The Kier molecular flexibility index (Phi) is 3.74. The highest BCUT2D eigenvalue weighted by Gasteiger charge is 2.05. The maximum Gasteiger partial charge on any atom is 0.271 e. The third-order valence-corrected chi connectivity index (χ3v) is 2.61. The van der Waals surface area contributed by atoms with Gasteiger partial charge in [0.05, 0.1) is 16.6 Å². The zero-order chi connectivity index (χ0) is 13.7. The van der Waals surface area contributed by atoms with E-state index in [0.717, 1.165) is 5.56 Å². The van der Waals surface area contributed by atoms with Crippen LogP contribution in [-0.2, 0) is 6.54 Å². The predicted octanol–water partition coefficient (Wildman–Crippen LogP) is 3.08. The molecule has 0 saturated heterocycles. The summed E-state index contributed by atoms with van der Waals surface area (Å²) in [6.07, 6.45) is 0. The number of nitrogens with one attached hydrogen (secondary N) is 1. The first-order valence-electron chi connectivity index (χ1n) is 5.66. The van der Waals surface area contributed by atoms with Crippen LogP contribution in [0.25, 0.3) is 0 Å². The number of benzene rings is 2. The number of hydrogen-bond acceptors (Lipinski definition) is 4. The second kappa shape index (κ2) is 5.65. The van der Waals surface area contributed by atoms with E-state index < -0.39 is 4.92 Å². The molecule has 0 saturated carbocycles. The van der Waals surface area contributed by atoms with Gasteiger partial charge in [0.15, 0.2) is 0 Å². The van der Waals surface area contributed by atoms with Crippen molar-refractivity contribution in [2.75, 3.05) is 5.32 Å². The quantitative estimate of drug-likeness (QED) is 0.670. The average Bonchev–Trinajstić information content (AvgIpc) is 2.45. The van der Waals surface area contributed by atoms with Crippen LogP contribution in [0.5, 0.6) is 0 Å². The fourth-order valence-corrected chi connectivity index (χ4v) is 1.68. The molecule has 0 heterocycles. The van der Waals surface area contributed by atoms with E-state index in [1.807, 2.05) is 12.1 Å². The van der Waals surface area contributed by atoms with Crippen molar-refractivity contribution in [3.63, 3.8) is 0 Å². The molecule has 19 heavy (non-hydrogen) atoms. The second-order valence-corrected chi connectivity index (χ2v) is 3.97. The molecular formula is C14H11N3O2. The van der Waals surface area contributed by atoms with Crippen molar-refractivity contribution in [2.45, 2.75) is 6.54 Å². The number of nitro benzene ring substituents is 1. The summed E-state index contributed by atoms with van der Waals surface area (Å²) in [5, 5.41) is 22.5. The van der Waals surface area contributed by atoms with E-state index in [0.29, 0.717) is 17.8 Å².